The Kier molecular flexibility index (Phi) is 5.24. The van der Waals surface area contributed by atoms with Gasteiger partial charge in [0, 0.05) is 12.6 Å². The predicted molar refractivity (Wildman–Crippen MR) is 90.2 cm³/mol. The van der Waals surface area contributed by atoms with E-state index in [4.69, 9.17) is 14.2 Å². The Morgan fingerprint density at radius 2 is 2.12 bits per heavy atom. The van der Waals surface area contributed by atoms with Crippen molar-refractivity contribution in [1.29, 1.82) is 0 Å². The number of benzene rings is 1. The number of carbonyl (C=O) groups is 1. The Morgan fingerprint density at radius 3 is 2.73 bits per heavy atom. The highest BCUT2D eigenvalue weighted by Gasteiger charge is 2.31. The molecular formula is C18H21FN2O5. The zero-order valence-electron chi connectivity index (χ0n) is 14.9. The third-order valence-electron chi connectivity index (χ3n) is 4.28. The van der Waals surface area contributed by atoms with Crippen molar-refractivity contribution in [2.24, 2.45) is 7.05 Å². The van der Waals surface area contributed by atoms with Gasteiger partial charge in [-0.25, -0.2) is 9.18 Å². The number of phenolic OH excluding ortho intramolecular Hbond substituents is 1. The quantitative estimate of drug-likeness (QED) is 0.822. The fourth-order valence-electron chi connectivity index (χ4n) is 3.07. The molecule has 1 aliphatic heterocycles. The average molecular weight is 364 g/mol. The van der Waals surface area contributed by atoms with Crippen LogP contribution in [0.2, 0.25) is 0 Å². The molecule has 1 aromatic heterocycles. The standard InChI is InChI=1S/C18H21FN2O5/c1-4-5-10-8-11(19)14(15(16(10)22)18-25-6-7-26-18)12-9-13(17(23)24-3)21(2)20-12/h8-9,18,22H,4-7H2,1-3H3. The van der Waals surface area contributed by atoms with Crippen LogP contribution in [0.1, 0.15) is 41.2 Å². The van der Waals surface area contributed by atoms with Gasteiger partial charge in [0.2, 0.25) is 0 Å². The maximum atomic E-state index is 15.0. The number of rotatable bonds is 5. The molecule has 1 N–H and O–H groups in total. The van der Waals surface area contributed by atoms with E-state index in [1.165, 1.54) is 23.9 Å². The molecule has 0 spiro atoms. The van der Waals surface area contributed by atoms with Crippen LogP contribution in [-0.4, -0.2) is 41.2 Å². The molecule has 3 rings (SSSR count). The van der Waals surface area contributed by atoms with E-state index in [2.05, 4.69) is 5.10 Å². The van der Waals surface area contributed by atoms with Crippen molar-refractivity contribution in [2.45, 2.75) is 26.1 Å². The highest BCUT2D eigenvalue weighted by Crippen LogP contribution is 2.42. The SMILES string of the molecule is CCCc1cc(F)c(-c2cc(C(=O)OC)n(C)n2)c(C2OCCO2)c1O. The first kappa shape index (κ1) is 18.3. The van der Waals surface area contributed by atoms with Gasteiger partial charge in [0.25, 0.3) is 0 Å². The van der Waals surface area contributed by atoms with Gasteiger partial charge in [-0.3, -0.25) is 4.68 Å². The molecule has 140 valence electrons. The summed E-state index contributed by atoms with van der Waals surface area (Å²) < 4.78 is 32.0. The number of ether oxygens (including phenoxy) is 3. The Labute approximate surface area is 150 Å². The van der Waals surface area contributed by atoms with Crippen LogP contribution < -0.4 is 0 Å². The molecule has 2 aromatic rings. The summed E-state index contributed by atoms with van der Waals surface area (Å²) in [5.41, 5.74) is 1.09. The number of nitrogens with zero attached hydrogens (tertiary/aromatic N) is 2. The third-order valence-corrected chi connectivity index (χ3v) is 4.28. The van der Waals surface area contributed by atoms with Crippen LogP contribution in [0.25, 0.3) is 11.3 Å². The molecule has 7 nitrogen and oxygen atoms in total. The largest absolute Gasteiger partial charge is 0.507 e. The van der Waals surface area contributed by atoms with E-state index in [-0.39, 0.29) is 28.3 Å². The molecule has 1 aromatic carbocycles. The molecule has 1 fully saturated rings. The van der Waals surface area contributed by atoms with E-state index in [0.29, 0.717) is 25.2 Å². The summed E-state index contributed by atoms with van der Waals surface area (Å²) in [7, 11) is 2.81. The molecule has 0 bridgehead atoms. The molecule has 2 heterocycles. The highest BCUT2D eigenvalue weighted by molar-refractivity contribution is 5.89. The van der Waals surface area contributed by atoms with Crippen molar-refractivity contribution in [1.82, 2.24) is 9.78 Å². The molecule has 1 saturated heterocycles. The number of esters is 1. The van der Waals surface area contributed by atoms with Gasteiger partial charge in [0.1, 0.15) is 17.3 Å². The topological polar surface area (TPSA) is 82.8 Å². The minimum absolute atomic E-state index is 0.0556. The van der Waals surface area contributed by atoms with Crippen molar-refractivity contribution in [3.8, 4) is 17.0 Å². The molecule has 1 aliphatic rings. The van der Waals surface area contributed by atoms with E-state index in [1.807, 2.05) is 6.92 Å². The number of carbonyl (C=O) groups excluding carboxylic acids is 1. The van der Waals surface area contributed by atoms with E-state index < -0.39 is 18.1 Å². The normalized spacial score (nSPS) is 14.8. The summed E-state index contributed by atoms with van der Waals surface area (Å²) in [5, 5.41) is 14.9. The van der Waals surface area contributed by atoms with Gasteiger partial charge >= 0.3 is 5.97 Å². The summed E-state index contributed by atoms with van der Waals surface area (Å²) in [6, 6.07) is 2.71. The van der Waals surface area contributed by atoms with Crippen LogP contribution in [0.5, 0.6) is 5.75 Å². The molecular weight excluding hydrogens is 343 g/mol. The Hall–Kier alpha value is -2.45. The molecule has 0 saturated carbocycles. The second kappa shape index (κ2) is 7.43. The highest BCUT2D eigenvalue weighted by atomic mass is 19.1. The first-order valence-corrected chi connectivity index (χ1v) is 8.38. The lowest BCUT2D eigenvalue weighted by molar-refractivity contribution is -0.0452. The molecule has 0 atom stereocenters. The Bertz CT molecular complexity index is 827. The summed E-state index contributed by atoms with van der Waals surface area (Å²) >= 11 is 0. The lowest BCUT2D eigenvalue weighted by Gasteiger charge is -2.18. The molecule has 26 heavy (non-hydrogen) atoms. The smallest absolute Gasteiger partial charge is 0.356 e. The van der Waals surface area contributed by atoms with Crippen LogP contribution in [0.3, 0.4) is 0 Å². The molecule has 0 aliphatic carbocycles. The number of aryl methyl sites for hydroxylation is 2. The van der Waals surface area contributed by atoms with Crippen LogP contribution in [0.4, 0.5) is 4.39 Å². The number of phenols is 1. The minimum Gasteiger partial charge on any atom is -0.507 e. The molecule has 0 radical (unpaired) electrons. The second-order valence-electron chi connectivity index (χ2n) is 6.01. The summed E-state index contributed by atoms with van der Waals surface area (Å²) in [6.07, 6.45) is 0.368. The van der Waals surface area contributed by atoms with Gasteiger partial charge in [0.05, 0.1) is 31.6 Å². The lowest BCUT2D eigenvalue weighted by Crippen LogP contribution is -2.08. The van der Waals surface area contributed by atoms with Crippen molar-refractivity contribution in [3.05, 3.63) is 34.8 Å². The summed E-state index contributed by atoms with van der Waals surface area (Å²) in [6.45, 7) is 2.63. The van der Waals surface area contributed by atoms with Crippen LogP contribution in [0, 0.1) is 5.82 Å². The number of halogens is 1. The first-order valence-electron chi connectivity index (χ1n) is 8.38. The van der Waals surface area contributed by atoms with Gasteiger partial charge in [-0.15, -0.1) is 0 Å². The number of methoxy groups -OCH3 is 1. The number of aromatic hydroxyl groups is 1. The van der Waals surface area contributed by atoms with Gasteiger partial charge in [-0.05, 0) is 24.1 Å². The van der Waals surface area contributed by atoms with Crippen molar-refractivity contribution >= 4 is 5.97 Å². The van der Waals surface area contributed by atoms with E-state index in [0.717, 1.165) is 6.42 Å². The Morgan fingerprint density at radius 1 is 1.42 bits per heavy atom. The maximum Gasteiger partial charge on any atom is 0.356 e. The second-order valence-corrected chi connectivity index (χ2v) is 6.01. The maximum absolute atomic E-state index is 15.0. The molecule has 0 unspecified atom stereocenters. The van der Waals surface area contributed by atoms with E-state index in [1.54, 1.807) is 7.05 Å². The monoisotopic (exact) mass is 364 g/mol. The van der Waals surface area contributed by atoms with Crippen molar-refractivity contribution in [3.63, 3.8) is 0 Å². The van der Waals surface area contributed by atoms with Crippen LogP contribution >= 0.6 is 0 Å². The first-order chi connectivity index (χ1) is 12.5. The molecule has 0 amide bonds. The van der Waals surface area contributed by atoms with Gasteiger partial charge in [-0.2, -0.15) is 5.10 Å². The zero-order valence-corrected chi connectivity index (χ0v) is 14.9. The van der Waals surface area contributed by atoms with Crippen LogP contribution in [-0.2, 0) is 27.7 Å². The average Bonchev–Trinajstić information content (AvgIpc) is 3.26. The number of hydrogen-bond acceptors (Lipinski definition) is 6. The third kappa shape index (κ3) is 3.17. The molecule has 8 heteroatoms. The summed E-state index contributed by atoms with van der Waals surface area (Å²) in [4.78, 5) is 11.8. The number of aromatic nitrogens is 2. The number of hydrogen-bond donors (Lipinski definition) is 1. The van der Waals surface area contributed by atoms with Crippen molar-refractivity contribution in [2.75, 3.05) is 20.3 Å². The van der Waals surface area contributed by atoms with Crippen LogP contribution in [0.15, 0.2) is 12.1 Å². The van der Waals surface area contributed by atoms with E-state index >= 15 is 0 Å². The fraction of sp³-hybridized carbons (Fsp3) is 0.444. The zero-order chi connectivity index (χ0) is 18.8. The van der Waals surface area contributed by atoms with E-state index in [9.17, 15) is 14.3 Å². The van der Waals surface area contributed by atoms with Crippen molar-refractivity contribution < 1.29 is 28.5 Å². The van der Waals surface area contributed by atoms with Gasteiger partial charge in [-0.1, -0.05) is 13.3 Å². The van der Waals surface area contributed by atoms with Gasteiger partial charge < -0.3 is 19.3 Å². The predicted octanol–water partition coefficient (Wildman–Crippen LogP) is 2.72. The lowest BCUT2D eigenvalue weighted by atomic mass is 9.96. The minimum atomic E-state index is -0.889. The van der Waals surface area contributed by atoms with Gasteiger partial charge in [0.15, 0.2) is 6.29 Å². The Balaban J connectivity index is 2.20. The fourth-order valence-corrected chi connectivity index (χ4v) is 3.07. The summed E-state index contributed by atoms with van der Waals surface area (Å²) in [5.74, 6) is -1.22.